The summed E-state index contributed by atoms with van der Waals surface area (Å²) in [6.45, 7) is 0. The fourth-order valence-corrected chi connectivity index (χ4v) is 3.58. The minimum Gasteiger partial charge on any atom is -0.452 e. The summed E-state index contributed by atoms with van der Waals surface area (Å²) >= 11 is 0. The Labute approximate surface area is 155 Å². The lowest BCUT2D eigenvalue weighted by molar-refractivity contribution is 0.318. The van der Waals surface area contributed by atoms with Gasteiger partial charge in [0.1, 0.15) is 0 Å². The fraction of sp³-hybridized carbons (Fsp3) is 0.0952. The van der Waals surface area contributed by atoms with Crippen molar-refractivity contribution < 1.29 is 9.62 Å². The number of oxime groups is 1. The van der Waals surface area contributed by atoms with Crippen LogP contribution in [0.2, 0.25) is 0 Å². The second-order valence-corrected chi connectivity index (χ2v) is 6.46. The van der Waals surface area contributed by atoms with E-state index in [1.54, 1.807) is 24.8 Å². The number of nitrogens with zero attached hydrogens (tertiary/aromatic N) is 3. The molecule has 0 saturated carbocycles. The SMILES string of the molecule is ON=C1CCc2cc(Nc3c(-c4ccncc4)oc4cnccc34)ccc21. The first kappa shape index (κ1) is 15.6. The van der Waals surface area contributed by atoms with Gasteiger partial charge in [0.25, 0.3) is 0 Å². The highest BCUT2D eigenvalue weighted by Gasteiger charge is 2.20. The maximum absolute atomic E-state index is 9.12. The van der Waals surface area contributed by atoms with Crippen LogP contribution in [0.5, 0.6) is 0 Å². The summed E-state index contributed by atoms with van der Waals surface area (Å²) in [6.07, 6.45) is 8.60. The van der Waals surface area contributed by atoms with Crippen molar-refractivity contribution in [3.05, 3.63) is 72.3 Å². The molecule has 3 aromatic heterocycles. The average molecular weight is 356 g/mol. The third-order valence-electron chi connectivity index (χ3n) is 4.87. The molecule has 132 valence electrons. The molecule has 1 aliphatic carbocycles. The number of fused-ring (bicyclic) bond motifs is 2. The van der Waals surface area contributed by atoms with Crippen LogP contribution in [0.25, 0.3) is 22.3 Å². The second-order valence-electron chi connectivity index (χ2n) is 6.46. The van der Waals surface area contributed by atoms with Crippen molar-refractivity contribution in [2.24, 2.45) is 5.16 Å². The molecule has 0 fully saturated rings. The molecule has 5 rings (SSSR count). The minimum absolute atomic E-state index is 0.725. The number of rotatable bonds is 3. The highest BCUT2D eigenvalue weighted by molar-refractivity contribution is 6.05. The van der Waals surface area contributed by atoms with Crippen LogP contribution in [0, 0.1) is 0 Å². The molecule has 3 heterocycles. The molecule has 0 atom stereocenters. The number of aromatic nitrogens is 2. The Kier molecular flexibility index (Phi) is 3.60. The summed E-state index contributed by atoms with van der Waals surface area (Å²) in [6, 6.07) is 11.9. The van der Waals surface area contributed by atoms with Crippen LogP contribution in [-0.2, 0) is 6.42 Å². The van der Waals surface area contributed by atoms with Gasteiger partial charge in [-0.2, -0.15) is 0 Å². The molecule has 4 aromatic rings. The maximum atomic E-state index is 9.12. The van der Waals surface area contributed by atoms with Crippen molar-refractivity contribution in [2.45, 2.75) is 12.8 Å². The molecule has 6 heteroatoms. The summed E-state index contributed by atoms with van der Waals surface area (Å²) in [7, 11) is 0. The van der Waals surface area contributed by atoms with Gasteiger partial charge in [0.05, 0.1) is 17.6 Å². The molecule has 0 bridgehead atoms. The standard InChI is InChI=1S/C21H16N4O2/c26-25-18-4-1-14-11-15(2-3-16(14)18)24-20-17-7-10-23-12-19(17)27-21(20)13-5-8-22-9-6-13/h2-3,5-12,24,26H,1,4H2. The van der Waals surface area contributed by atoms with E-state index in [1.807, 2.05) is 30.3 Å². The lowest BCUT2D eigenvalue weighted by atomic mass is 10.1. The Morgan fingerprint density at radius 3 is 2.70 bits per heavy atom. The van der Waals surface area contributed by atoms with E-state index in [1.165, 1.54) is 5.56 Å². The molecule has 27 heavy (non-hydrogen) atoms. The van der Waals surface area contributed by atoms with Crippen molar-refractivity contribution in [1.29, 1.82) is 0 Å². The molecular weight excluding hydrogens is 340 g/mol. The van der Waals surface area contributed by atoms with Crippen LogP contribution >= 0.6 is 0 Å². The molecule has 0 aliphatic heterocycles. The number of benzene rings is 1. The largest absolute Gasteiger partial charge is 0.452 e. The number of hydrogen-bond acceptors (Lipinski definition) is 6. The first-order valence-corrected chi connectivity index (χ1v) is 8.71. The Morgan fingerprint density at radius 1 is 1.00 bits per heavy atom. The van der Waals surface area contributed by atoms with Crippen LogP contribution in [0.4, 0.5) is 11.4 Å². The molecule has 1 aliphatic rings. The molecule has 0 saturated heterocycles. The van der Waals surface area contributed by atoms with E-state index in [2.05, 4.69) is 26.5 Å². The zero-order chi connectivity index (χ0) is 18.2. The smallest absolute Gasteiger partial charge is 0.159 e. The van der Waals surface area contributed by atoms with Gasteiger partial charge < -0.3 is 14.9 Å². The van der Waals surface area contributed by atoms with Crippen LogP contribution in [0.1, 0.15) is 17.5 Å². The van der Waals surface area contributed by atoms with Gasteiger partial charge in [-0.1, -0.05) is 11.2 Å². The highest BCUT2D eigenvalue weighted by atomic mass is 16.4. The van der Waals surface area contributed by atoms with Crippen LogP contribution in [0.3, 0.4) is 0 Å². The molecular formula is C21H16N4O2. The zero-order valence-electron chi connectivity index (χ0n) is 14.4. The Morgan fingerprint density at radius 2 is 1.85 bits per heavy atom. The Hall–Kier alpha value is -3.67. The van der Waals surface area contributed by atoms with Gasteiger partial charge in [-0.3, -0.25) is 9.97 Å². The highest BCUT2D eigenvalue weighted by Crippen LogP contribution is 2.39. The number of nitrogens with one attached hydrogen (secondary N) is 1. The lowest BCUT2D eigenvalue weighted by Gasteiger charge is -2.09. The molecule has 1 aromatic carbocycles. The third kappa shape index (κ3) is 2.62. The van der Waals surface area contributed by atoms with Gasteiger partial charge in [-0.15, -0.1) is 0 Å². The van der Waals surface area contributed by atoms with Crippen LogP contribution < -0.4 is 5.32 Å². The molecule has 0 radical (unpaired) electrons. The van der Waals surface area contributed by atoms with Gasteiger partial charge in [-0.25, -0.2) is 0 Å². The minimum atomic E-state index is 0.725. The van der Waals surface area contributed by atoms with E-state index in [9.17, 15) is 0 Å². The van der Waals surface area contributed by atoms with E-state index in [0.717, 1.165) is 57.8 Å². The van der Waals surface area contributed by atoms with Crippen molar-refractivity contribution in [3.63, 3.8) is 0 Å². The number of anilines is 2. The summed E-state index contributed by atoms with van der Waals surface area (Å²) in [5.41, 5.74) is 6.46. The third-order valence-corrected chi connectivity index (χ3v) is 4.87. The van der Waals surface area contributed by atoms with Crippen molar-refractivity contribution in [3.8, 4) is 11.3 Å². The predicted octanol–water partition coefficient (Wildman–Crippen LogP) is 4.76. The van der Waals surface area contributed by atoms with Gasteiger partial charge in [-0.05, 0) is 48.7 Å². The number of aryl methyl sites for hydroxylation is 1. The van der Waals surface area contributed by atoms with E-state index < -0.39 is 0 Å². The van der Waals surface area contributed by atoms with Gasteiger partial charge in [0, 0.05) is 40.8 Å². The van der Waals surface area contributed by atoms with Crippen molar-refractivity contribution in [2.75, 3.05) is 5.32 Å². The second kappa shape index (κ2) is 6.25. The topological polar surface area (TPSA) is 83.5 Å². The summed E-state index contributed by atoms with van der Waals surface area (Å²) in [5, 5.41) is 17.0. The molecule has 0 amide bonds. The zero-order valence-corrected chi connectivity index (χ0v) is 14.4. The lowest BCUT2D eigenvalue weighted by Crippen LogP contribution is -1.96. The van der Waals surface area contributed by atoms with Crippen molar-refractivity contribution in [1.82, 2.24) is 9.97 Å². The quantitative estimate of drug-likeness (QED) is 0.408. The summed E-state index contributed by atoms with van der Waals surface area (Å²) in [4.78, 5) is 8.25. The summed E-state index contributed by atoms with van der Waals surface area (Å²) < 4.78 is 6.08. The molecule has 6 nitrogen and oxygen atoms in total. The monoisotopic (exact) mass is 356 g/mol. The van der Waals surface area contributed by atoms with E-state index >= 15 is 0 Å². The van der Waals surface area contributed by atoms with Crippen molar-refractivity contribution >= 4 is 28.1 Å². The fourth-order valence-electron chi connectivity index (χ4n) is 3.58. The number of furan rings is 1. The number of pyridine rings is 2. The molecule has 0 unspecified atom stereocenters. The van der Waals surface area contributed by atoms with Gasteiger partial charge in [0.15, 0.2) is 11.3 Å². The first-order valence-electron chi connectivity index (χ1n) is 8.71. The van der Waals surface area contributed by atoms with Gasteiger partial charge in [0.2, 0.25) is 0 Å². The van der Waals surface area contributed by atoms with E-state index in [4.69, 9.17) is 9.62 Å². The van der Waals surface area contributed by atoms with E-state index in [-0.39, 0.29) is 0 Å². The average Bonchev–Trinajstić information content (AvgIpc) is 3.30. The Balaban J connectivity index is 1.61. The molecule has 2 N–H and O–H groups in total. The summed E-state index contributed by atoms with van der Waals surface area (Å²) in [5.74, 6) is 0.749. The predicted molar refractivity (Wildman–Crippen MR) is 104 cm³/mol. The number of hydrogen-bond donors (Lipinski definition) is 2. The van der Waals surface area contributed by atoms with Gasteiger partial charge >= 0.3 is 0 Å². The Bertz CT molecular complexity index is 1170. The normalized spacial score (nSPS) is 14.6. The first-order chi connectivity index (χ1) is 13.3. The van der Waals surface area contributed by atoms with Crippen LogP contribution in [0.15, 0.2) is 70.8 Å². The maximum Gasteiger partial charge on any atom is 0.159 e. The van der Waals surface area contributed by atoms with E-state index in [0.29, 0.717) is 0 Å². The van der Waals surface area contributed by atoms with Crippen LogP contribution in [-0.4, -0.2) is 20.9 Å². The molecule has 0 spiro atoms.